The molecule has 0 radical (unpaired) electrons. The number of aliphatic hydroxyl groups excluding tert-OH is 1. The van der Waals surface area contributed by atoms with Crippen LogP contribution >= 0.6 is 11.5 Å². The van der Waals surface area contributed by atoms with Crippen molar-refractivity contribution in [1.29, 1.82) is 0 Å². The highest BCUT2D eigenvalue weighted by Crippen LogP contribution is 2.41. The highest BCUT2D eigenvalue weighted by molar-refractivity contribution is 7.05. The third kappa shape index (κ3) is 2.38. The maximum absolute atomic E-state index is 10.8. The van der Waals surface area contributed by atoms with Crippen LogP contribution in [-0.4, -0.2) is 14.7 Å². The van der Waals surface area contributed by atoms with Crippen molar-refractivity contribution in [3.05, 3.63) is 46.0 Å². The SMILES string of the molecule is CC(C)c1nnsc1C(O)c1ccccc1C1CCC1. The number of aliphatic hydroxyl groups is 1. The predicted octanol–water partition coefficient (Wildman–Crippen LogP) is 4.01. The summed E-state index contributed by atoms with van der Waals surface area (Å²) in [6.45, 7) is 4.18. The van der Waals surface area contributed by atoms with Crippen molar-refractivity contribution in [3.8, 4) is 0 Å². The minimum Gasteiger partial charge on any atom is -0.383 e. The van der Waals surface area contributed by atoms with Gasteiger partial charge in [-0.05, 0) is 47.3 Å². The summed E-state index contributed by atoms with van der Waals surface area (Å²) in [5.41, 5.74) is 3.26. The molecule has 106 valence electrons. The first-order valence-electron chi connectivity index (χ1n) is 7.27. The standard InChI is InChI=1S/C16H20N2OS/c1-10(2)14-16(20-18-17-14)15(19)13-9-4-3-8-12(13)11-6-5-7-11/h3-4,8-11,15,19H,5-7H2,1-2H3. The molecule has 1 N–H and O–H groups in total. The fraction of sp³-hybridized carbons (Fsp3) is 0.500. The van der Waals surface area contributed by atoms with Crippen LogP contribution in [0.4, 0.5) is 0 Å². The average molecular weight is 288 g/mol. The van der Waals surface area contributed by atoms with Crippen molar-refractivity contribution in [3.63, 3.8) is 0 Å². The molecule has 1 aliphatic carbocycles. The fourth-order valence-corrected chi connectivity index (χ4v) is 3.60. The Hall–Kier alpha value is -1.26. The first kappa shape index (κ1) is 13.7. The molecule has 2 aromatic rings. The quantitative estimate of drug-likeness (QED) is 0.924. The van der Waals surface area contributed by atoms with Gasteiger partial charge >= 0.3 is 0 Å². The van der Waals surface area contributed by atoms with E-state index < -0.39 is 6.10 Å². The Labute approximate surface area is 123 Å². The Morgan fingerprint density at radius 3 is 2.65 bits per heavy atom. The Bertz CT molecular complexity index is 590. The van der Waals surface area contributed by atoms with Gasteiger partial charge in [0.2, 0.25) is 0 Å². The Morgan fingerprint density at radius 2 is 2.00 bits per heavy atom. The molecule has 0 bridgehead atoms. The van der Waals surface area contributed by atoms with Crippen LogP contribution in [0.25, 0.3) is 0 Å². The monoisotopic (exact) mass is 288 g/mol. The van der Waals surface area contributed by atoms with E-state index in [4.69, 9.17) is 0 Å². The van der Waals surface area contributed by atoms with Crippen LogP contribution in [0, 0.1) is 0 Å². The molecule has 3 rings (SSSR count). The smallest absolute Gasteiger partial charge is 0.117 e. The van der Waals surface area contributed by atoms with Gasteiger partial charge in [0.25, 0.3) is 0 Å². The second kappa shape index (κ2) is 5.62. The summed E-state index contributed by atoms with van der Waals surface area (Å²) in [6.07, 6.45) is 3.18. The number of hydrogen-bond donors (Lipinski definition) is 1. The van der Waals surface area contributed by atoms with Gasteiger partial charge in [-0.3, -0.25) is 0 Å². The van der Waals surface area contributed by atoms with Crippen molar-refractivity contribution in [1.82, 2.24) is 9.59 Å². The molecule has 0 saturated heterocycles. The zero-order chi connectivity index (χ0) is 14.1. The average Bonchev–Trinajstić information content (AvgIpc) is 2.86. The summed E-state index contributed by atoms with van der Waals surface area (Å²) in [5, 5.41) is 15.0. The minimum absolute atomic E-state index is 0.286. The van der Waals surface area contributed by atoms with Gasteiger partial charge in [-0.25, -0.2) is 0 Å². The highest BCUT2D eigenvalue weighted by Gasteiger charge is 2.27. The molecule has 1 heterocycles. The van der Waals surface area contributed by atoms with Gasteiger partial charge < -0.3 is 5.11 Å². The van der Waals surface area contributed by atoms with Crippen molar-refractivity contribution < 1.29 is 5.11 Å². The van der Waals surface area contributed by atoms with Crippen LogP contribution in [0.3, 0.4) is 0 Å². The van der Waals surface area contributed by atoms with Crippen LogP contribution in [0.15, 0.2) is 24.3 Å². The van der Waals surface area contributed by atoms with E-state index in [2.05, 4.69) is 35.6 Å². The molecule has 1 aromatic heterocycles. The van der Waals surface area contributed by atoms with Gasteiger partial charge in [-0.1, -0.05) is 49.0 Å². The lowest BCUT2D eigenvalue weighted by Gasteiger charge is -2.29. The largest absolute Gasteiger partial charge is 0.383 e. The van der Waals surface area contributed by atoms with E-state index >= 15 is 0 Å². The summed E-state index contributed by atoms with van der Waals surface area (Å²) < 4.78 is 4.03. The minimum atomic E-state index is -0.593. The molecular weight excluding hydrogens is 268 g/mol. The van der Waals surface area contributed by atoms with Crippen LogP contribution in [-0.2, 0) is 0 Å². The normalized spacial score (nSPS) is 17.2. The molecule has 1 unspecified atom stereocenters. The summed E-state index contributed by atoms with van der Waals surface area (Å²) in [7, 11) is 0. The Kier molecular flexibility index (Phi) is 3.85. The summed E-state index contributed by atoms with van der Waals surface area (Å²) in [5.74, 6) is 0.901. The van der Waals surface area contributed by atoms with E-state index in [1.165, 1.54) is 36.4 Å². The zero-order valence-electron chi connectivity index (χ0n) is 11.9. The molecule has 20 heavy (non-hydrogen) atoms. The maximum Gasteiger partial charge on any atom is 0.117 e. The van der Waals surface area contributed by atoms with E-state index in [1.807, 2.05) is 12.1 Å². The molecule has 1 aromatic carbocycles. The van der Waals surface area contributed by atoms with Gasteiger partial charge in [0.15, 0.2) is 0 Å². The van der Waals surface area contributed by atoms with Crippen molar-refractivity contribution in [2.24, 2.45) is 0 Å². The van der Waals surface area contributed by atoms with Crippen LogP contribution in [0.5, 0.6) is 0 Å². The van der Waals surface area contributed by atoms with Gasteiger partial charge in [0, 0.05) is 0 Å². The lowest BCUT2D eigenvalue weighted by atomic mass is 9.77. The van der Waals surface area contributed by atoms with Gasteiger partial charge in [0.1, 0.15) is 6.10 Å². The lowest BCUT2D eigenvalue weighted by Crippen LogP contribution is -2.14. The van der Waals surface area contributed by atoms with Gasteiger partial charge in [-0.2, -0.15) is 0 Å². The molecule has 1 atom stereocenters. The van der Waals surface area contributed by atoms with Crippen molar-refractivity contribution in [2.75, 3.05) is 0 Å². The summed E-state index contributed by atoms with van der Waals surface area (Å²) in [6, 6.07) is 8.27. The topological polar surface area (TPSA) is 46.0 Å². The highest BCUT2D eigenvalue weighted by atomic mass is 32.1. The first-order chi connectivity index (χ1) is 9.68. The van der Waals surface area contributed by atoms with Crippen molar-refractivity contribution >= 4 is 11.5 Å². The number of rotatable bonds is 4. The molecule has 0 amide bonds. The summed E-state index contributed by atoms with van der Waals surface area (Å²) in [4.78, 5) is 0.895. The molecular formula is C16H20N2OS. The van der Waals surface area contributed by atoms with E-state index in [0.29, 0.717) is 5.92 Å². The maximum atomic E-state index is 10.8. The molecule has 1 saturated carbocycles. The second-order valence-corrected chi connectivity index (χ2v) is 6.62. The molecule has 1 fully saturated rings. The van der Waals surface area contributed by atoms with Crippen LogP contribution in [0.2, 0.25) is 0 Å². The fourth-order valence-electron chi connectivity index (χ4n) is 2.79. The van der Waals surface area contributed by atoms with Crippen molar-refractivity contribution in [2.45, 2.75) is 51.0 Å². The first-order valence-corrected chi connectivity index (χ1v) is 8.05. The van der Waals surface area contributed by atoms with Gasteiger partial charge in [0.05, 0.1) is 10.6 Å². The van der Waals surface area contributed by atoms with Gasteiger partial charge in [-0.15, -0.1) is 5.10 Å². The third-order valence-electron chi connectivity index (χ3n) is 4.17. The molecule has 4 heteroatoms. The molecule has 1 aliphatic rings. The Morgan fingerprint density at radius 1 is 1.25 bits per heavy atom. The molecule has 0 aliphatic heterocycles. The molecule has 3 nitrogen and oxygen atoms in total. The van der Waals surface area contributed by atoms with Crippen LogP contribution in [0.1, 0.15) is 72.7 Å². The lowest BCUT2D eigenvalue weighted by molar-refractivity contribution is 0.219. The predicted molar refractivity (Wildman–Crippen MR) is 81.1 cm³/mol. The second-order valence-electron chi connectivity index (χ2n) is 5.84. The molecule has 0 spiro atoms. The zero-order valence-corrected chi connectivity index (χ0v) is 12.7. The van der Waals surface area contributed by atoms with Crippen LogP contribution < -0.4 is 0 Å². The van der Waals surface area contributed by atoms with E-state index in [1.54, 1.807) is 0 Å². The number of nitrogens with zero attached hydrogens (tertiary/aromatic N) is 2. The Balaban J connectivity index is 1.97. The number of hydrogen-bond acceptors (Lipinski definition) is 4. The summed E-state index contributed by atoms with van der Waals surface area (Å²) >= 11 is 1.32. The van der Waals surface area contributed by atoms with E-state index in [-0.39, 0.29) is 5.92 Å². The number of aromatic nitrogens is 2. The van der Waals surface area contributed by atoms with E-state index in [0.717, 1.165) is 16.1 Å². The van der Waals surface area contributed by atoms with E-state index in [9.17, 15) is 5.11 Å². The third-order valence-corrected chi connectivity index (χ3v) is 4.96. The number of benzene rings is 1.